The van der Waals surface area contributed by atoms with Gasteiger partial charge in [-0.1, -0.05) is 19.1 Å². The van der Waals surface area contributed by atoms with Crippen molar-refractivity contribution in [3.8, 4) is 0 Å². The summed E-state index contributed by atoms with van der Waals surface area (Å²) in [7, 11) is 0. The fraction of sp³-hybridized carbons (Fsp3) is 0.500. The molecule has 0 saturated heterocycles. The average molecular weight is 164 g/mol. The number of rotatable bonds is 0. The van der Waals surface area contributed by atoms with Crippen molar-refractivity contribution in [3.63, 3.8) is 0 Å². The molecule has 2 aliphatic rings. The van der Waals surface area contributed by atoms with Crippen LogP contribution in [-0.2, 0) is 4.79 Å². The summed E-state index contributed by atoms with van der Waals surface area (Å²) in [5, 5.41) is 9.42. The SMILES string of the molecule is CC1C=CC[C@H]2C(O)=CC(=O)[C@@H]12. The number of carbonyl (C=O) groups excluding carboxylic acids is 1. The highest BCUT2D eigenvalue weighted by atomic mass is 16.3. The molecule has 3 atom stereocenters. The average Bonchev–Trinajstić information content (AvgIpc) is 2.29. The molecule has 0 aromatic heterocycles. The highest BCUT2D eigenvalue weighted by Gasteiger charge is 2.39. The molecule has 1 N–H and O–H groups in total. The van der Waals surface area contributed by atoms with E-state index in [2.05, 4.69) is 12.2 Å². The second-order valence-electron chi connectivity index (χ2n) is 3.63. The van der Waals surface area contributed by atoms with Crippen molar-refractivity contribution in [3.05, 3.63) is 24.0 Å². The Morgan fingerprint density at radius 3 is 3.00 bits per heavy atom. The van der Waals surface area contributed by atoms with Gasteiger partial charge in [0.15, 0.2) is 5.78 Å². The first-order chi connectivity index (χ1) is 5.70. The number of hydrogen-bond acceptors (Lipinski definition) is 2. The van der Waals surface area contributed by atoms with Crippen LogP contribution in [0, 0.1) is 17.8 Å². The van der Waals surface area contributed by atoms with E-state index in [-0.39, 0.29) is 29.3 Å². The van der Waals surface area contributed by atoms with E-state index in [1.54, 1.807) is 0 Å². The van der Waals surface area contributed by atoms with Gasteiger partial charge in [0, 0.05) is 17.9 Å². The van der Waals surface area contributed by atoms with E-state index in [0.717, 1.165) is 6.42 Å². The molecule has 0 heterocycles. The summed E-state index contributed by atoms with van der Waals surface area (Å²) in [6.07, 6.45) is 6.31. The van der Waals surface area contributed by atoms with Gasteiger partial charge in [0.05, 0.1) is 5.76 Å². The number of allylic oxidation sites excluding steroid dienone is 4. The van der Waals surface area contributed by atoms with Crippen LogP contribution in [0.2, 0.25) is 0 Å². The van der Waals surface area contributed by atoms with Crippen molar-refractivity contribution in [2.45, 2.75) is 13.3 Å². The largest absolute Gasteiger partial charge is 0.512 e. The molecule has 12 heavy (non-hydrogen) atoms. The summed E-state index contributed by atoms with van der Waals surface area (Å²) in [5.74, 6) is 0.722. The van der Waals surface area contributed by atoms with Gasteiger partial charge >= 0.3 is 0 Å². The lowest BCUT2D eigenvalue weighted by molar-refractivity contribution is -0.119. The van der Waals surface area contributed by atoms with Gasteiger partial charge < -0.3 is 5.11 Å². The summed E-state index contributed by atoms with van der Waals surface area (Å²) >= 11 is 0. The van der Waals surface area contributed by atoms with E-state index in [1.807, 2.05) is 6.92 Å². The van der Waals surface area contributed by atoms with E-state index in [9.17, 15) is 9.90 Å². The van der Waals surface area contributed by atoms with Gasteiger partial charge in [-0.25, -0.2) is 0 Å². The summed E-state index contributed by atoms with van der Waals surface area (Å²) in [4.78, 5) is 11.4. The zero-order valence-electron chi connectivity index (χ0n) is 7.03. The first-order valence-corrected chi connectivity index (χ1v) is 4.31. The minimum atomic E-state index is 0.00926. The molecule has 64 valence electrons. The minimum Gasteiger partial charge on any atom is -0.512 e. The van der Waals surface area contributed by atoms with Gasteiger partial charge in [-0.05, 0) is 12.3 Å². The van der Waals surface area contributed by atoms with E-state index in [1.165, 1.54) is 6.08 Å². The van der Waals surface area contributed by atoms with E-state index < -0.39 is 0 Å². The van der Waals surface area contributed by atoms with Crippen molar-refractivity contribution in [1.29, 1.82) is 0 Å². The van der Waals surface area contributed by atoms with Crippen LogP contribution in [0.4, 0.5) is 0 Å². The molecule has 0 aromatic carbocycles. The Morgan fingerprint density at radius 1 is 1.58 bits per heavy atom. The molecule has 0 bridgehead atoms. The first-order valence-electron chi connectivity index (χ1n) is 4.31. The van der Waals surface area contributed by atoms with Crippen molar-refractivity contribution in [2.75, 3.05) is 0 Å². The van der Waals surface area contributed by atoms with Crippen LogP contribution in [-0.4, -0.2) is 10.9 Å². The normalized spacial score (nSPS) is 39.6. The predicted molar refractivity (Wildman–Crippen MR) is 45.6 cm³/mol. The molecule has 0 amide bonds. The van der Waals surface area contributed by atoms with Crippen LogP contribution >= 0.6 is 0 Å². The monoisotopic (exact) mass is 164 g/mol. The lowest BCUT2D eigenvalue weighted by atomic mass is 9.78. The molecule has 2 aliphatic carbocycles. The molecule has 0 saturated carbocycles. The lowest BCUT2D eigenvalue weighted by Crippen LogP contribution is -2.25. The van der Waals surface area contributed by atoms with E-state index in [4.69, 9.17) is 0 Å². The molecule has 1 unspecified atom stereocenters. The van der Waals surface area contributed by atoms with Crippen LogP contribution in [0.3, 0.4) is 0 Å². The maximum Gasteiger partial charge on any atom is 0.163 e. The summed E-state index contributed by atoms with van der Waals surface area (Å²) in [6.45, 7) is 2.03. The lowest BCUT2D eigenvalue weighted by Gasteiger charge is -2.25. The highest BCUT2D eigenvalue weighted by Crippen LogP contribution is 2.39. The van der Waals surface area contributed by atoms with Crippen LogP contribution in [0.1, 0.15) is 13.3 Å². The summed E-state index contributed by atoms with van der Waals surface area (Å²) < 4.78 is 0. The quantitative estimate of drug-likeness (QED) is 0.555. The standard InChI is InChI=1S/C10H12O2/c1-6-3-2-4-7-8(11)5-9(12)10(6)7/h2-3,5-7,10-11H,4H2,1H3/t6?,7-,10-/m0/s1. The zero-order chi connectivity index (χ0) is 8.72. The second kappa shape index (κ2) is 2.47. The van der Waals surface area contributed by atoms with Crippen LogP contribution in [0.15, 0.2) is 24.0 Å². The fourth-order valence-electron chi connectivity index (χ4n) is 2.18. The molecule has 2 nitrogen and oxygen atoms in total. The van der Waals surface area contributed by atoms with Crippen molar-refractivity contribution < 1.29 is 9.90 Å². The minimum absolute atomic E-state index is 0.00926. The van der Waals surface area contributed by atoms with E-state index >= 15 is 0 Å². The van der Waals surface area contributed by atoms with Crippen molar-refractivity contribution in [2.24, 2.45) is 17.8 Å². The third-order valence-electron chi connectivity index (χ3n) is 2.83. The number of hydrogen-bond donors (Lipinski definition) is 1. The van der Waals surface area contributed by atoms with Crippen LogP contribution in [0.5, 0.6) is 0 Å². The van der Waals surface area contributed by atoms with Gasteiger partial charge in [0.2, 0.25) is 0 Å². The number of carbonyl (C=O) groups is 1. The maximum atomic E-state index is 11.4. The number of aliphatic hydroxyl groups is 1. The summed E-state index contributed by atoms with van der Waals surface area (Å²) in [5.41, 5.74) is 0. The highest BCUT2D eigenvalue weighted by molar-refractivity contribution is 5.95. The molecule has 2 rings (SSSR count). The third kappa shape index (κ3) is 0.909. The molecular weight excluding hydrogens is 152 g/mol. The molecular formula is C10H12O2. The Morgan fingerprint density at radius 2 is 2.33 bits per heavy atom. The molecule has 0 radical (unpaired) electrons. The number of fused-ring (bicyclic) bond motifs is 1. The molecule has 0 aliphatic heterocycles. The number of ketones is 1. The fourth-order valence-corrected chi connectivity index (χ4v) is 2.18. The van der Waals surface area contributed by atoms with E-state index in [0.29, 0.717) is 0 Å². The summed E-state index contributed by atoms with van der Waals surface area (Å²) in [6, 6.07) is 0. The zero-order valence-corrected chi connectivity index (χ0v) is 7.03. The predicted octanol–water partition coefficient (Wildman–Crippen LogP) is 1.84. The molecule has 2 heteroatoms. The van der Waals surface area contributed by atoms with Gasteiger partial charge in [-0.3, -0.25) is 4.79 Å². The number of aliphatic hydroxyl groups excluding tert-OH is 1. The van der Waals surface area contributed by atoms with Gasteiger partial charge in [-0.2, -0.15) is 0 Å². The van der Waals surface area contributed by atoms with Crippen molar-refractivity contribution >= 4 is 5.78 Å². The Balaban J connectivity index is 2.33. The van der Waals surface area contributed by atoms with Gasteiger partial charge in [0.25, 0.3) is 0 Å². The third-order valence-corrected chi connectivity index (χ3v) is 2.83. The Bertz CT molecular complexity index is 276. The molecule has 0 spiro atoms. The second-order valence-corrected chi connectivity index (χ2v) is 3.63. The maximum absolute atomic E-state index is 11.4. The van der Waals surface area contributed by atoms with Crippen LogP contribution in [0.25, 0.3) is 0 Å². The van der Waals surface area contributed by atoms with Gasteiger partial charge in [0.1, 0.15) is 0 Å². The topological polar surface area (TPSA) is 37.3 Å². The van der Waals surface area contributed by atoms with Crippen molar-refractivity contribution in [1.82, 2.24) is 0 Å². The Labute approximate surface area is 71.6 Å². The van der Waals surface area contributed by atoms with Gasteiger partial charge in [-0.15, -0.1) is 0 Å². The Kier molecular flexibility index (Phi) is 1.56. The molecule has 0 fully saturated rings. The first kappa shape index (κ1) is 7.59. The smallest absolute Gasteiger partial charge is 0.163 e. The Hall–Kier alpha value is -1.05. The van der Waals surface area contributed by atoms with Crippen LogP contribution < -0.4 is 0 Å². The molecule has 0 aromatic rings.